The smallest absolute Gasteiger partial charge is 0.243 e. The normalized spacial score (nSPS) is 19.9. The van der Waals surface area contributed by atoms with Crippen LogP contribution in [0.2, 0.25) is 0 Å². The molecule has 1 aromatic carbocycles. The first-order valence-electron chi connectivity index (χ1n) is 5.78. The maximum absolute atomic E-state index is 12.0. The van der Waals surface area contributed by atoms with Crippen molar-refractivity contribution in [3.63, 3.8) is 0 Å². The standard InChI is InChI=1S/C12H13N3O2S/c16-12(10-6-17-4-3-13-10)15-8-1-2-11-9(5-8)14-7-18-11/h1-2,5,7,10,13H,3-4,6H2,(H,15,16). The number of morpholine rings is 1. The van der Waals surface area contributed by atoms with E-state index in [0.29, 0.717) is 19.8 Å². The van der Waals surface area contributed by atoms with Crippen molar-refractivity contribution in [1.82, 2.24) is 10.3 Å². The number of nitrogens with one attached hydrogen (secondary N) is 2. The van der Waals surface area contributed by atoms with Crippen LogP contribution in [0.5, 0.6) is 0 Å². The van der Waals surface area contributed by atoms with E-state index in [2.05, 4.69) is 15.6 Å². The number of thiazole rings is 1. The van der Waals surface area contributed by atoms with Gasteiger partial charge >= 0.3 is 0 Å². The van der Waals surface area contributed by atoms with Gasteiger partial charge in [0.2, 0.25) is 5.91 Å². The summed E-state index contributed by atoms with van der Waals surface area (Å²) in [6.45, 7) is 1.79. The molecule has 0 saturated carbocycles. The molecule has 5 nitrogen and oxygen atoms in total. The third-order valence-electron chi connectivity index (χ3n) is 2.84. The Kier molecular flexibility index (Phi) is 3.22. The van der Waals surface area contributed by atoms with E-state index >= 15 is 0 Å². The van der Waals surface area contributed by atoms with Gasteiger partial charge in [-0.1, -0.05) is 0 Å². The number of carbonyl (C=O) groups excluding carboxylic acids is 1. The number of benzene rings is 1. The van der Waals surface area contributed by atoms with E-state index in [-0.39, 0.29) is 11.9 Å². The summed E-state index contributed by atoms with van der Waals surface area (Å²) in [5.74, 6) is -0.0655. The number of carbonyl (C=O) groups is 1. The van der Waals surface area contributed by atoms with Crippen LogP contribution in [0.25, 0.3) is 10.2 Å². The van der Waals surface area contributed by atoms with Gasteiger partial charge in [-0.05, 0) is 18.2 Å². The molecule has 94 valence electrons. The molecule has 0 bridgehead atoms. The van der Waals surface area contributed by atoms with E-state index in [0.717, 1.165) is 15.9 Å². The largest absolute Gasteiger partial charge is 0.378 e. The highest BCUT2D eigenvalue weighted by Crippen LogP contribution is 2.21. The van der Waals surface area contributed by atoms with E-state index in [1.54, 1.807) is 16.8 Å². The van der Waals surface area contributed by atoms with Gasteiger partial charge in [-0.25, -0.2) is 4.98 Å². The number of nitrogens with zero attached hydrogens (tertiary/aromatic N) is 1. The minimum atomic E-state index is -0.273. The van der Waals surface area contributed by atoms with Crippen LogP contribution in [-0.4, -0.2) is 36.7 Å². The quantitative estimate of drug-likeness (QED) is 0.855. The molecule has 6 heteroatoms. The number of fused-ring (bicyclic) bond motifs is 1. The van der Waals surface area contributed by atoms with Gasteiger partial charge in [0.15, 0.2) is 0 Å². The van der Waals surface area contributed by atoms with Gasteiger partial charge in [0.25, 0.3) is 0 Å². The molecule has 18 heavy (non-hydrogen) atoms. The lowest BCUT2D eigenvalue weighted by Gasteiger charge is -2.22. The molecule has 1 atom stereocenters. The van der Waals surface area contributed by atoms with Crippen LogP contribution in [-0.2, 0) is 9.53 Å². The molecule has 1 aliphatic rings. The van der Waals surface area contributed by atoms with Crippen LogP contribution in [0, 0.1) is 0 Å². The summed E-state index contributed by atoms with van der Waals surface area (Å²) in [6, 6.07) is 5.47. The molecular weight excluding hydrogens is 250 g/mol. The number of amides is 1. The van der Waals surface area contributed by atoms with Crippen LogP contribution in [0.1, 0.15) is 0 Å². The first-order chi connectivity index (χ1) is 8.83. The molecule has 2 heterocycles. The van der Waals surface area contributed by atoms with Crippen LogP contribution in [0.15, 0.2) is 23.7 Å². The Morgan fingerprint density at radius 2 is 2.50 bits per heavy atom. The topological polar surface area (TPSA) is 63.2 Å². The van der Waals surface area contributed by atoms with Gasteiger partial charge in [0.05, 0.1) is 28.9 Å². The Balaban J connectivity index is 1.72. The van der Waals surface area contributed by atoms with Gasteiger partial charge in [-0.3, -0.25) is 4.79 Å². The van der Waals surface area contributed by atoms with Crippen molar-refractivity contribution >= 4 is 33.1 Å². The minimum Gasteiger partial charge on any atom is -0.378 e. The number of anilines is 1. The van der Waals surface area contributed by atoms with Crippen molar-refractivity contribution in [3.8, 4) is 0 Å². The zero-order chi connectivity index (χ0) is 12.4. The second-order valence-corrected chi connectivity index (χ2v) is 4.99. The average molecular weight is 263 g/mol. The van der Waals surface area contributed by atoms with Crippen molar-refractivity contribution in [2.75, 3.05) is 25.1 Å². The Bertz CT molecular complexity index is 563. The SMILES string of the molecule is O=C(Nc1ccc2scnc2c1)C1COCCN1. The van der Waals surface area contributed by atoms with Crippen LogP contribution < -0.4 is 10.6 Å². The monoisotopic (exact) mass is 263 g/mol. The number of aromatic nitrogens is 1. The molecule has 0 aliphatic carbocycles. The van der Waals surface area contributed by atoms with E-state index in [4.69, 9.17) is 4.74 Å². The highest BCUT2D eigenvalue weighted by Gasteiger charge is 2.21. The third-order valence-corrected chi connectivity index (χ3v) is 3.65. The second kappa shape index (κ2) is 5.01. The summed E-state index contributed by atoms with van der Waals surface area (Å²) in [4.78, 5) is 16.2. The van der Waals surface area contributed by atoms with Gasteiger partial charge in [0, 0.05) is 12.2 Å². The van der Waals surface area contributed by atoms with E-state index in [9.17, 15) is 4.79 Å². The van der Waals surface area contributed by atoms with Crippen LogP contribution >= 0.6 is 11.3 Å². The Morgan fingerprint density at radius 3 is 3.33 bits per heavy atom. The van der Waals surface area contributed by atoms with E-state index in [1.807, 2.05) is 18.2 Å². The predicted molar refractivity (Wildman–Crippen MR) is 70.9 cm³/mol. The van der Waals surface area contributed by atoms with E-state index < -0.39 is 0 Å². The summed E-state index contributed by atoms with van der Waals surface area (Å²) in [6.07, 6.45) is 0. The number of hydrogen-bond donors (Lipinski definition) is 2. The molecule has 0 radical (unpaired) electrons. The van der Waals surface area contributed by atoms with Crippen molar-refractivity contribution in [2.24, 2.45) is 0 Å². The maximum atomic E-state index is 12.0. The van der Waals surface area contributed by atoms with Gasteiger partial charge < -0.3 is 15.4 Å². The molecular formula is C12H13N3O2S. The zero-order valence-electron chi connectivity index (χ0n) is 9.68. The van der Waals surface area contributed by atoms with Crippen molar-refractivity contribution < 1.29 is 9.53 Å². The first-order valence-corrected chi connectivity index (χ1v) is 6.66. The van der Waals surface area contributed by atoms with Gasteiger partial charge in [-0.15, -0.1) is 11.3 Å². The van der Waals surface area contributed by atoms with Crippen molar-refractivity contribution in [2.45, 2.75) is 6.04 Å². The molecule has 1 saturated heterocycles. The third kappa shape index (κ3) is 2.35. The van der Waals surface area contributed by atoms with Gasteiger partial charge in [0.1, 0.15) is 6.04 Å². The van der Waals surface area contributed by atoms with Crippen LogP contribution in [0.3, 0.4) is 0 Å². The fourth-order valence-corrected chi connectivity index (χ4v) is 2.56. The molecule has 3 rings (SSSR count). The number of hydrogen-bond acceptors (Lipinski definition) is 5. The Labute approximate surface area is 108 Å². The molecule has 1 unspecified atom stereocenters. The average Bonchev–Trinajstić information content (AvgIpc) is 2.87. The lowest BCUT2D eigenvalue weighted by Crippen LogP contribution is -2.48. The minimum absolute atomic E-state index is 0.0655. The zero-order valence-corrected chi connectivity index (χ0v) is 10.5. The summed E-state index contributed by atoms with van der Waals surface area (Å²) < 4.78 is 6.38. The molecule has 2 aromatic rings. The summed E-state index contributed by atoms with van der Waals surface area (Å²) in [5, 5.41) is 6.00. The fourth-order valence-electron chi connectivity index (χ4n) is 1.90. The summed E-state index contributed by atoms with van der Waals surface area (Å²) in [7, 11) is 0. The summed E-state index contributed by atoms with van der Waals surface area (Å²) in [5.41, 5.74) is 3.48. The highest BCUT2D eigenvalue weighted by atomic mass is 32.1. The van der Waals surface area contributed by atoms with E-state index in [1.165, 1.54) is 0 Å². The molecule has 1 amide bonds. The first kappa shape index (κ1) is 11.6. The lowest BCUT2D eigenvalue weighted by molar-refractivity contribution is -0.120. The molecule has 0 spiro atoms. The summed E-state index contributed by atoms with van der Waals surface area (Å²) >= 11 is 1.59. The second-order valence-electron chi connectivity index (χ2n) is 4.11. The molecule has 1 aliphatic heterocycles. The molecule has 2 N–H and O–H groups in total. The van der Waals surface area contributed by atoms with Crippen molar-refractivity contribution in [3.05, 3.63) is 23.7 Å². The maximum Gasteiger partial charge on any atom is 0.243 e. The predicted octanol–water partition coefficient (Wildman–Crippen LogP) is 1.22. The Hall–Kier alpha value is -1.50. The molecule has 1 fully saturated rings. The fraction of sp³-hybridized carbons (Fsp3) is 0.333. The number of ether oxygens (including phenoxy) is 1. The Morgan fingerprint density at radius 1 is 1.56 bits per heavy atom. The van der Waals surface area contributed by atoms with Crippen molar-refractivity contribution in [1.29, 1.82) is 0 Å². The van der Waals surface area contributed by atoms with Gasteiger partial charge in [-0.2, -0.15) is 0 Å². The van der Waals surface area contributed by atoms with Crippen LogP contribution in [0.4, 0.5) is 5.69 Å². The lowest BCUT2D eigenvalue weighted by atomic mass is 10.2. The molecule has 1 aromatic heterocycles. The number of rotatable bonds is 2. The highest BCUT2D eigenvalue weighted by molar-refractivity contribution is 7.16.